The number of hydrogen-bond acceptors (Lipinski definition) is 4. The largest absolute Gasteiger partial charge is 0.375 e. The van der Waals surface area contributed by atoms with Gasteiger partial charge in [0, 0.05) is 18.5 Å². The maximum Gasteiger partial charge on any atom is 0.250 e. The Balaban J connectivity index is 1.79. The molecule has 1 aliphatic rings. The highest BCUT2D eigenvalue weighted by molar-refractivity contribution is 5.94. The number of amides is 2. The van der Waals surface area contributed by atoms with Crippen LogP contribution in [0.15, 0.2) is 24.3 Å². The van der Waals surface area contributed by atoms with E-state index in [0.717, 1.165) is 18.8 Å². The van der Waals surface area contributed by atoms with Crippen molar-refractivity contribution in [3.05, 3.63) is 24.3 Å². The zero-order valence-corrected chi connectivity index (χ0v) is 14.3. The van der Waals surface area contributed by atoms with Crippen LogP contribution in [-0.4, -0.2) is 50.1 Å². The Kier molecular flexibility index (Phi) is 7.71. The van der Waals surface area contributed by atoms with Gasteiger partial charge in [-0.3, -0.25) is 14.5 Å². The van der Waals surface area contributed by atoms with Crippen LogP contribution in [0.3, 0.4) is 0 Å². The molecule has 1 aromatic carbocycles. The van der Waals surface area contributed by atoms with Crippen molar-refractivity contribution in [3.63, 3.8) is 0 Å². The van der Waals surface area contributed by atoms with Gasteiger partial charge < -0.3 is 15.4 Å². The fourth-order valence-corrected chi connectivity index (χ4v) is 2.84. The van der Waals surface area contributed by atoms with E-state index in [0.29, 0.717) is 12.2 Å². The van der Waals surface area contributed by atoms with Crippen molar-refractivity contribution < 1.29 is 14.3 Å². The van der Waals surface area contributed by atoms with Gasteiger partial charge in [-0.2, -0.15) is 0 Å². The number of nitrogens with one attached hydrogen (secondary N) is 2. The van der Waals surface area contributed by atoms with Gasteiger partial charge in [-0.15, -0.1) is 0 Å². The molecule has 0 radical (unpaired) electrons. The van der Waals surface area contributed by atoms with E-state index >= 15 is 0 Å². The minimum atomic E-state index is -0.202. The van der Waals surface area contributed by atoms with Crippen molar-refractivity contribution >= 4 is 23.2 Å². The number of methoxy groups -OCH3 is 1. The van der Waals surface area contributed by atoms with E-state index in [1.165, 1.54) is 39.2 Å². The summed E-state index contributed by atoms with van der Waals surface area (Å²) in [6.45, 7) is 2.45. The topological polar surface area (TPSA) is 70.7 Å². The first-order valence-electron chi connectivity index (χ1n) is 8.58. The molecule has 0 atom stereocenters. The molecule has 0 spiro atoms. The molecule has 0 saturated carbocycles. The van der Waals surface area contributed by atoms with Crippen molar-refractivity contribution in [2.24, 2.45) is 0 Å². The molecule has 1 aromatic rings. The van der Waals surface area contributed by atoms with Crippen LogP contribution in [0.2, 0.25) is 0 Å². The SMILES string of the molecule is COCC(=O)Nc1ccc(NC(=O)CN2CCCCCCC2)cc1. The Bertz CT molecular complexity index is 523. The fourth-order valence-electron chi connectivity index (χ4n) is 2.84. The lowest BCUT2D eigenvalue weighted by atomic mass is 10.1. The van der Waals surface area contributed by atoms with Crippen LogP contribution in [-0.2, 0) is 14.3 Å². The molecule has 2 rings (SSSR count). The highest BCUT2D eigenvalue weighted by Gasteiger charge is 2.12. The first-order chi connectivity index (χ1) is 11.7. The van der Waals surface area contributed by atoms with Gasteiger partial charge in [-0.05, 0) is 50.2 Å². The lowest BCUT2D eigenvalue weighted by molar-refractivity contribution is -0.119. The van der Waals surface area contributed by atoms with Crippen LogP contribution in [0, 0.1) is 0 Å². The Hall–Kier alpha value is -1.92. The molecule has 0 aromatic heterocycles. The number of carbonyl (C=O) groups excluding carboxylic acids is 2. The van der Waals surface area contributed by atoms with Gasteiger partial charge >= 0.3 is 0 Å². The molecule has 0 aliphatic carbocycles. The number of anilines is 2. The van der Waals surface area contributed by atoms with Gasteiger partial charge in [0.15, 0.2) is 0 Å². The summed E-state index contributed by atoms with van der Waals surface area (Å²) in [5.74, 6) is -0.196. The van der Waals surface area contributed by atoms with Crippen molar-refractivity contribution in [2.75, 3.05) is 44.0 Å². The summed E-state index contributed by atoms with van der Waals surface area (Å²) in [5.41, 5.74) is 1.41. The highest BCUT2D eigenvalue weighted by atomic mass is 16.5. The molecule has 1 heterocycles. The minimum absolute atomic E-state index is 0.00624. The first kappa shape index (κ1) is 18.4. The molecule has 24 heavy (non-hydrogen) atoms. The van der Waals surface area contributed by atoms with E-state index in [4.69, 9.17) is 4.74 Å². The number of likely N-dealkylation sites (tertiary alicyclic amines) is 1. The summed E-state index contributed by atoms with van der Waals surface area (Å²) in [6.07, 6.45) is 6.17. The second-order valence-corrected chi connectivity index (χ2v) is 6.15. The summed E-state index contributed by atoms with van der Waals surface area (Å²) in [4.78, 5) is 25.9. The second-order valence-electron chi connectivity index (χ2n) is 6.15. The van der Waals surface area contributed by atoms with E-state index < -0.39 is 0 Å². The van der Waals surface area contributed by atoms with E-state index in [1.54, 1.807) is 24.3 Å². The predicted octanol–water partition coefficient (Wildman–Crippen LogP) is 2.48. The van der Waals surface area contributed by atoms with Gasteiger partial charge in [0.25, 0.3) is 0 Å². The molecule has 2 amide bonds. The normalized spacial score (nSPS) is 16.0. The van der Waals surface area contributed by atoms with E-state index in [9.17, 15) is 9.59 Å². The van der Waals surface area contributed by atoms with Crippen LogP contribution in [0.25, 0.3) is 0 Å². The van der Waals surface area contributed by atoms with Crippen molar-refractivity contribution in [1.82, 2.24) is 4.90 Å². The van der Waals surface area contributed by atoms with E-state index in [2.05, 4.69) is 15.5 Å². The summed E-state index contributed by atoms with van der Waals surface area (Å²) >= 11 is 0. The van der Waals surface area contributed by atoms with E-state index in [-0.39, 0.29) is 18.4 Å². The Labute approximate surface area is 143 Å². The molecule has 1 saturated heterocycles. The third kappa shape index (κ3) is 6.68. The number of hydrogen-bond donors (Lipinski definition) is 2. The molecule has 1 fully saturated rings. The zero-order chi connectivity index (χ0) is 17.2. The maximum absolute atomic E-state index is 12.2. The van der Waals surface area contributed by atoms with Crippen LogP contribution >= 0.6 is 0 Å². The number of nitrogens with zero attached hydrogens (tertiary/aromatic N) is 1. The monoisotopic (exact) mass is 333 g/mol. The van der Waals surface area contributed by atoms with Crippen molar-refractivity contribution in [1.29, 1.82) is 0 Å². The second kappa shape index (κ2) is 10.1. The smallest absolute Gasteiger partial charge is 0.250 e. The number of benzene rings is 1. The number of rotatable bonds is 6. The highest BCUT2D eigenvalue weighted by Crippen LogP contribution is 2.14. The molecule has 1 aliphatic heterocycles. The summed E-state index contributed by atoms with van der Waals surface area (Å²) in [7, 11) is 1.48. The molecule has 0 unspecified atom stereocenters. The average Bonchev–Trinajstić information content (AvgIpc) is 2.52. The number of ether oxygens (including phenoxy) is 1. The molecule has 2 N–H and O–H groups in total. The predicted molar refractivity (Wildman–Crippen MR) is 95.1 cm³/mol. The molecule has 6 heteroatoms. The Morgan fingerprint density at radius 2 is 1.42 bits per heavy atom. The van der Waals surface area contributed by atoms with E-state index in [1.807, 2.05) is 0 Å². The van der Waals surface area contributed by atoms with Crippen LogP contribution in [0.1, 0.15) is 32.1 Å². The molecular formula is C18H27N3O3. The van der Waals surface area contributed by atoms with Gasteiger partial charge in [-0.1, -0.05) is 19.3 Å². The third-order valence-corrected chi connectivity index (χ3v) is 4.04. The van der Waals surface area contributed by atoms with Crippen molar-refractivity contribution in [2.45, 2.75) is 32.1 Å². The zero-order valence-electron chi connectivity index (χ0n) is 14.3. The quantitative estimate of drug-likeness (QED) is 0.839. The summed E-state index contributed by atoms with van der Waals surface area (Å²) < 4.78 is 4.77. The first-order valence-corrected chi connectivity index (χ1v) is 8.58. The van der Waals surface area contributed by atoms with Gasteiger partial charge in [0.2, 0.25) is 11.8 Å². The van der Waals surface area contributed by atoms with Crippen LogP contribution < -0.4 is 10.6 Å². The summed E-state index contributed by atoms with van der Waals surface area (Å²) in [5, 5.41) is 5.63. The van der Waals surface area contributed by atoms with Gasteiger partial charge in [0.1, 0.15) is 6.61 Å². The van der Waals surface area contributed by atoms with Crippen LogP contribution in [0.4, 0.5) is 11.4 Å². The third-order valence-electron chi connectivity index (χ3n) is 4.04. The van der Waals surface area contributed by atoms with Gasteiger partial charge in [0.05, 0.1) is 6.54 Å². The molecule has 6 nitrogen and oxygen atoms in total. The van der Waals surface area contributed by atoms with Gasteiger partial charge in [-0.25, -0.2) is 0 Å². The summed E-state index contributed by atoms with van der Waals surface area (Å²) in [6, 6.07) is 7.10. The minimum Gasteiger partial charge on any atom is -0.375 e. The Morgan fingerprint density at radius 3 is 1.96 bits per heavy atom. The molecule has 0 bridgehead atoms. The Morgan fingerprint density at radius 1 is 0.917 bits per heavy atom. The van der Waals surface area contributed by atoms with Crippen LogP contribution in [0.5, 0.6) is 0 Å². The fraction of sp³-hybridized carbons (Fsp3) is 0.556. The number of carbonyl (C=O) groups is 2. The standard InChI is InChI=1S/C18H27N3O3/c1-24-14-18(23)20-16-9-7-15(8-10-16)19-17(22)13-21-11-5-3-2-4-6-12-21/h7-10H,2-6,11-14H2,1H3,(H,19,22)(H,20,23). The maximum atomic E-state index is 12.2. The average molecular weight is 333 g/mol. The van der Waals surface area contributed by atoms with Crippen molar-refractivity contribution in [3.8, 4) is 0 Å². The molecule has 132 valence electrons. The molecular weight excluding hydrogens is 306 g/mol. The lowest BCUT2D eigenvalue weighted by Crippen LogP contribution is -2.35. The lowest BCUT2D eigenvalue weighted by Gasteiger charge is -2.23.